The summed E-state index contributed by atoms with van der Waals surface area (Å²) in [5.41, 5.74) is 2.88. The Labute approximate surface area is 194 Å². The van der Waals surface area contributed by atoms with E-state index in [1.807, 2.05) is 39.0 Å². The molecule has 0 aliphatic carbocycles. The lowest BCUT2D eigenvalue weighted by Crippen LogP contribution is -2.43. The number of anilines is 2. The van der Waals surface area contributed by atoms with Gasteiger partial charge in [0.15, 0.2) is 0 Å². The van der Waals surface area contributed by atoms with Gasteiger partial charge in [0.25, 0.3) is 5.91 Å². The number of fused-ring (bicyclic) bond motifs is 1. The number of carbonyl (C=O) groups is 3. The summed E-state index contributed by atoms with van der Waals surface area (Å²) in [6, 6.07) is 15.0. The Morgan fingerprint density at radius 1 is 0.939 bits per heavy atom. The molecule has 1 N–H and O–H groups in total. The lowest BCUT2D eigenvalue weighted by molar-refractivity contribution is -0.121. The minimum absolute atomic E-state index is 0.0349. The number of hydrogen-bond donors (Lipinski definition) is 1. The van der Waals surface area contributed by atoms with Crippen LogP contribution in [0.15, 0.2) is 48.5 Å². The molecule has 7 nitrogen and oxygen atoms in total. The molecule has 1 saturated heterocycles. The van der Waals surface area contributed by atoms with Crippen LogP contribution >= 0.6 is 0 Å². The van der Waals surface area contributed by atoms with Crippen LogP contribution in [-0.2, 0) is 16.0 Å². The summed E-state index contributed by atoms with van der Waals surface area (Å²) in [6.07, 6.45) is 1.72. The van der Waals surface area contributed by atoms with E-state index in [1.54, 1.807) is 34.1 Å². The molecule has 7 heteroatoms. The van der Waals surface area contributed by atoms with Crippen LogP contribution in [0.5, 0.6) is 0 Å². The number of ether oxygens (including phenoxy) is 1. The van der Waals surface area contributed by atoms with E-state index < -0.39 is 5.60 Å². The predicted molar refractivity (Wildman–Crippen MR) is 127 cm³/mol. The van der Waals surface area contributed by atoms with Crippen LogP contribution in [0.3, 0.4) is 0 Å². The Bertz CT molecular complexity index is 1030. The lowest BCUT2D eigenvalue weighted by Gasteiger charge is -2.32. The molecule has 33 heavy (non-hydrogen) atoms. The smallest absolute Gasteiger partial charge is 0.410 e. The summed E-state index contributed by atoms with van der Waals surface area (Å²) in [4.78, 5) is 41.3. The Morgan fingerprint density at radius 2 is 1.61 bits per heavy atom. The second-order valence-corrected chi connectivity index (χ2v) is 9.64. The van der Waals surface area contributed by atoms with E-state index in [-0.39, 0.29) is 23.8 Å². The molecular weight excluding hydrogens is 418 g/mol. The fourth-order valence-corrected chi connectivity index (χ4v) is 4.30. The molecule has 0 bridgehead atoms. The maximum Gasteiger partial charge on any atom is 0.410 e. The van der Waals surface area contributed by atoms with Crippen molar-refractivity contribution in [2.75, 3.05) is 29.9 Å². The molecule has 0 saturated carbocycles. The van der Waals surface area contributed by atoms with E-state index in [1.165, 1.54) is 5.56 Å². The largest absolute Gasteiger partial charge is 0.444 e. The molecule has 0 aromatic heterocycles. The molecular formula is C26H31N3O4. The second-order valence-electron chi connectivity index (χ2n) is 9.64. The molecule has 0 atom stereocenters. The van der Waals surface area contributed by atoms with Gasteiger partial charge in [0.05, 0.1) is 0 Å². The topological polar surface area (TPSA) is 79.0 Å². The normalized spacial score (nSPS) is 16.3. The number of hydrogen-bond acceptors (Lipinski definition) is 4. The Balaban J connectivity index is 1.30. The van der Waals surface area contributed by atoms with Crippen molar-refractivity contribution < 1.29 is 19.1 Å². The minimum atomic E-state index is -0.531. The number of para-hydroxylation sites is 1. The first kappa shape index (κ1) is 22.8. The van der Waals surface area contributed by atoms with Gasteiger partial charge in [-0.05, 0) is 75.9 Å². The molecule has 2 aliphatic heterocycles. The summed E-state index contributed by atoms with van der Waals surface area (Å²) in [5, 5.41) is 2.95. The summed E-state index contributed by atoms with van der Waals surface area (Å²) < 4.78 is 5.41. The van der Waals surface area contributed by atoms with Crippen LogP contribution in [-0.4, -0.2) is 48.0 Å². The molecule has 2 heterocycles. The molecule has 0 unspecified atom stereocenters. The van der Waals surface area contributed by atoms with Gasteiger partial charge in [-0.3, -0.25) is 9.59 Å². The molecule has 2 aromatic rings. The zero-order chi connectivity index (χ0) is 23.6. The monoisotopic (exact) mass is 449 g/mol. The summed E-state index contributed by atoms with van der Waals surface area (Å²) in [6.45, 7) is 7.20. The highest BCUT2D eigenvalue weighted by molar-refractivity contribution is 6.07. The zero-order valence-electron chi connectivity index (χ0n) is 19.5. The Morgan fingerprint density at radius 3 is 2.27 bits per heavy atom. The highest BCUT2D eigenvalue weighted by Crippen LogP contribution is 2.29. The quantitative estimate of drug-likeness (QED) is 0.750. The van der Waals surface area contributed by atoms with Crippen molar-refractivity contribution >= 4 is 29.3 Å². The maximum absolute atomic E-state index is 13.0. The molecule has 174 valence electrons. The Kier molecular flexibility index (Phi) is 6.40. The van der Waals surface area contributed by atoms with Crippen molar-refractivity contribution in [1.29, 1.82) is 0 Å². The van der Waals surface area contributed by atoms with E-state index in [4.69, 9.17) is 4.74 Å². The first-order valence-electron chi connectivity index (χ1n) is 11.5. The van der Waals surface area contributed by atoms with Gasteiger partial charge in [0.2, 0.25) is 5.91 Å². The van der Waals surface area contributed by atoms with Gasteiger partial charge in [-0.25, -0.2) is 4.79 Å². The summed E-state index contributed by atoms with van der Waals surface area (Å²) in [5.74, 6) is -0.259. The van der Waals surface area contributed by atoms with Crippen LogP contribution in [0.4, 0.5) is 16.2 Å². The standard InChI is InChI=1S/C26H31N3O4/c1-26(2,3)33-25(32)28-15-12-19(13-16-28)23(30)27-21-10-8-20(9-11-21)24(31)29-17-14-18-6-4-5-7-22(18)29/h4-11,19H,12-17H2,1-3H3,(H,27,30). The van der Waals surface area contributed by atoms with Gasteiger partial charge < -0.3 is 19.9 Å². The van der Waals surface area contributed by atoms with Crippen LogP contribution in [0.25, 0.3) is 0 Å². The van der Waals surface area contributed by atoms with Gasteiger partial charge >= 0.3 is 6.09 Å². The number of rotatable bonds is 3. The Hall–Kier alpha value is -3.35. The van der Waals surface area contributed by atoms with Crippen LogP contribution < -0.4 is 10.2 Å². The fraction of sp³-hybridized carbons (Fsp3) is 0.423. The average molecular weight is 450 g/mol. The molecule has 4 rings (SSSR count). The molecule has 0 spiro atoms. The average Bonchev–Trinajstić information content (AvgIpc) is 3.22. The number of nitrogens with zero attached hydrogens (tertiary/aromatic N) is 2. The lowest BCUT2D eigenvalue weighted by atomic mass is 9.96. The van der Waals surface area contributed by atoms with Crippen molar-refractivity contribution in [1.82, 2.24) is 4.90 Å². The van der Waals surface area contributed by atoms with E-state index in [0.29, 0.717) is 43.7 Å². The van der Waals surface area contributed by atoms with Crippen molar-refractivity contribution in [2.24, 2.45) is 5.92 Å². The van der Waals surface area contributed by atoms with Crippen LogP contribution in [0.1, 0.15) is 49.5 Å². The number of benzene rings is 2. The zero-order valence-corrected chi connectivity index (χ0v) is 19.5. The number of amides is 3. The van der Waals surface area contributed by atoms with E-state index in [2.05, 4.69) is 11.4 Å². The van der Waals surface area contributed by atoms with Crippen molar-refractivity contribution in [3.8, 4) is 0 Å². The third-order valence-corrected chi connectivity index (χ3v) is 6.05. The van der Waals surface area contributed by atoms with Gasteiger partial charge in [-0.2, -0.15) is 0 Å². The van der Waals surface area contributed by atoms with Gasteiger partial charge in [-0.15, -0.1) is 0 Å². The number of piperidine rings is 1. The van der Waals surface area contributed by atoms with Crippen molar-refractivity contribution in [2.45, 2.75) is 45.6 Å². The third-order valence-electron chi connectivity index (χ3n) is 6.05. The minimum Gasteiger partial charge on any atom is -0.444 e. The fourth-order valence-electron chi connectivity index (χ4n) is 4.30. The first-order chi connectivity index (χ1) is 15.7. The molecule has 1 fully saturated rings. The second kappa shape index (κ2) is 9.25. The predicted octanol–water partition coefficient (Wildman–Crippen LogP) is 4.48. The molecule has 2 aromatic carbocycles. The van der Waals surface area contributed by atoms with E-state index in [0.717, 1.165) is 12.1 Å². The SMILES string of the molecule is CC(C)(C)OC(=O)N1CCC(C(=O)Nc2ccc(C(=O)N3CCc4ccccc43)cc2)CC1. The summed E-state index contributed by atoms with van der Waals surface area (Å²) >= 11 is 0. The molecule has 2 aliphatic rings. The first-order valence-corrected chi connectivity index (χ1v) is 11.5. The van der Waals surface area contributed by atoms with Gasteiger partial charge in [0, 0.05) is 42.5 Å². The van der Waals surface area contributed by atoms with Crippen molar-refractivity contribution in [3.63, 3.8) is 0 Å². The molecule has 3 amide bonds. The maximum atomic E-state index is 13.0. The van der Waals surface area contributed by atoms with Crippen LogP contribution in [0, 0.1) is 5.92 Å². The van der Waals surface area contributed by atoms with E-state index in [9.17, 15) is 14.4 Å². The van der Waals surface area contributed by atoms with Gasteiger partial charge in [0.1, 0.15) is 5.60 Å². The number of nitrogens with one attached hydrogen (secondary N) is 1. The highest BCUT2D eigenvalue weighted by atomic mass is 16.6. The summed E-state index contributed by atoms with van der Waals surface area (Å²) in [7, 11) is 0. The van der Waals surface area contributed by atoms with E-state index >= 15 is 0 Å². The van der Waals surface area contributed by atoms with Crippen LogP contribution in [0.2, 0.25) is 0 Å². The third kappa shape index (κ3) is 5.35. The van der Waals surface area contributed by atoms with Gasteiger partial charge in [-0.1, -0.05) is 18.2 Å². The number of carbonyl (C=O) groups excluding carboxylic acids is 3. The highest BCUT2D eigenvalue weighted by Gasteiger charge is 2.30. The molecule has 0 radical (unpaired) electrons. The number of likely N-dealkylation sites (tertiary alicyclic amines) is 1. The van der Waals surface area contributed by atoms with Crippen molar-refractivity contribution in [3.05, 3.63) is 59.7 Å².